The zero-order valence-electron chi connectivity index (χ0n) is 13.8. The van der Waals surface area contributed by atoms with Crippen LogP contribution in [0.25, 0.3) is 10.8 Å². The van der Waals surface area contributed by atoms with Gasteiger partial charge in [-0.25, -0.2) is 5.01 Å². The second-order valence-corrected chi connectivity index (χ2v) is 5.95. The molecule has 0 saturated heterocycles. The zero-order valence-corrected chi connectivity index (χ0v) is 13.8. The van der Waals surface area contributed by atoms with Crippen molar-refractivity contribution >= 4 is 22.4 Å². The van der Waals surface area contributed by atoms with Gasteiger partial charge < -0.3 is 4.74 Å². The number of hydrogen-bond acceptors (Lipinski definition) is 3. The lowest BCUT2D eigenvalue weighted by atomic mass is 10.1. The van der Waals surface area contributed by atoms with E-state index in [4.69, 9.17) is 4.74 Å². The van der Waals surface area contributed by atoms with Gasteiger partial charge in [0.05, 0.1) is 12.3 Å². The summed E-state index contributed by atoms with van der Waals surface area (Å²) >= 11 is 0. The Bertz CT molecular complexity index is 930. The lowest BCUT2D eigenvalue weighted by molar-refractivity contribution is -0.132. The fourth-order valence-corrected chi connectivity index (χ4v) is 3.01. The Morgan fingerprint density at radius 2 is 1.72 bits per heavy atom. The molecule has 1 amide bonds. The van der Waals surface area contributed by atoms with Crippen molar-refractivity contribution in [1.29, 1.82) is 0 Å². The first kappa shape index (κ1) is 15.4. The third-order valence-electron chi connectivity index (χ3n) is 4.30. The summed E-state index contributed by atoms with van der Waals surface area (Å²) in [6.07, 6.45) is 0.768. The highest BCUT2D eigenvalue weighted by atomic mass is 16.5. The molecular weight excluding hydrogens is 312 g/mol. The van der Waals surface area contributed by atoms with Gasteiger partial charge in [-0.15, -0.1) is 0 Å². The Balaban J connectivity index is 1.45. The van der Waals surface area contributed by atoms with Gasteiger partial charge in [0.15, 0.2) is 6.61 Å². The molecule has 0 N–H and O–H groups in total. The summed E-state index contributed by atoms with van der Waals surface area (Å²) in [5, 5.41) is 8.06. The van der Waals surface area contributed by atoms with E-state index in [0.29, 0.717) is 6.54 Å². The van der Waals surface area contributed by atoms with E-state index in [1.165, 1.54) is 5.01 Å². The maximum atomic E-state index is 12.4. The van der Waals surface area contributed by atoms with Crippen molar-refractivity contribution in [1.82, 2.24) is 5.01 Å². The van der Waals surface area contributed by atoms with Crippen molar-refractivity contribution in [2.75, 3.05) is 13.2 Å². The molecule has 0 bridgehead atoms. The molecule has 0 atom stereocenters. The summed E-state index contributed by atoms with van der Waals surface area (Å²) in [5.41, 5.74) is 2.01. The van der Waals surface area contributed by atoms with Crippen LogP contribution in [-0.4, -0.2) is 29.8 Å². The highest BCUT2D eigenvalue weighted by Crippen LogP contribution is 2.25. The molecule has 0 aliphatic carbocycles. The molecule has 25 heavy (non-hydrogen) atoms. The molecule has 1 aliphatic rings. The van der Waals surface area contributed by atoms with Gasteiger partial charge in [0.25, 0.3) is 5.91 Å². The molecule has 3 aromatic rings. The SMILES string of the molecule is O=C(COc1cccc2ccccc12)N1CCC(c2ccccc2)=N1. The smallest absolute Gasteiger partial charge is 0.280 e. The average molecular weight is 330 g/mol. The van der Waals surface area contributed by atoms with Crippen LogP contribution in [0.4, 0.5) is 0 Å². The summed E-state index contributed by atoms with van der Waals surface area (Å²) in [7, 11) is 0. The molecule has 4 nitrogen and oxygen atoms in total. The molecule has 0 spiro atoms. The minimum absolute atomic E-state index is 0.0143. The Morgan fingerprint density at radius 3 is 2.60 bits per heavy atom. The Labute approximate surface area is 146 Å². The second kappa shape index (κ2) is 6.77. The van der Waals surface area contributed by atoms with Crippen molar-refractivity contribution in [3.8, 4) is 5.75 Å². The van der Waals surface area contributed by atoms with E-state index >= 15 is 0 Å². The Morgan fingerprint density at radius 1 is 0.960 bits per heavy atom. The van der Waals surface area contributed by atoms with Crippen molar-refractivity contribution in [3.63, 3.8) is 0 Å². The molecule has 0 unspecified atom stereocenters. The predicted molar refractivity (Wildman–Crippen MR) is 98.8 cm³/mol. The average Bonchev–Trinajstić information content (AvgIpc) is 3.17. The molecule has 0 saturated carbocycles. The third kappa shape index (κ3) is 3.24. The van der Waals surface area contributed by atoms with Crippen molar-refractivity contribution in [2.45, 2.75) is 6.42 Å². The van der Waals surface area contributed by atoms with E-state index in [0.717, 1.165) is 34.2 Å². The number of rotatable bonds is 4. The molecule has 124 valence electrons. The van der Waals surface area contributed by atoms with Crippen molar-refractivity contribution in [3.05, 3.63) is 78.4 Å². The molecule has 0 radical (unpaired) electrons. The summed E-state index contributed by atoms with van der Waals surface area (Å²) in [6, 6.07) is 23.8. The van der Waals surface area contributed by atoms with Crippen LogP contribution in [0.15, 0.2) is 77.9 Å². The summed E-state index contributed by atoms with van der Waals surface area (Å²) in [5.74, 6) is 0.594. The van der Waals surface area contributed by atoms with Gasteiger partial charge in [-0.3, -0.25) is 4.79 Å². The van der Waals surface area contributed by atoms with Gasteiger partial charge in [-0.2, -0.15) is 5.10 Å². The summed E-state index contributed by atoms with van der Waals surface area (Å²) in [6.45, 7) is 0.585. The number of ether oxygens (including phenoxy) is 1. The molecule has 0 fully saturated rings. The molecule has 3 aromatic carbocycles. The quantitative estimate of drug-likeness (QED) is 0.729. The third-order valence-corrected chi connectivity index (χ3v) is 4.30. The molecular formula is C21H18N2O2. The second-order valence-electron chi connectivity index (χ2n) is 5.95. The van der Waals surface area contributed by atoms with Gasteiger partial charge in [-0.05, 0) is 17.0 Å². The first-order valence-corrected chi connectivity index (χ1v) is 8.35. The number of hydrogen-bond donors (Lipinski definition) is 0. The fourth-order valence-electron chi connectivity index (χ4n) is 3.01. The van der Waals surface area contributed by atoms with Crippen LogP contribution in [0.1, 0.15) is 12.0 Å². The van der Waals surface area contributed by atoms with E-state index in [9.17, 15) is 4.79 Å². The first-order valence-electron chi connectivity index (χ1n) is 8.35. The number of hydrazone groups is 1. The topological polar surface area (TPSA) is 41.9 Å². The van der Waals surface area contributed by atoms with Gasteiger partial charge >= 0.3 is 0 Å². The Hall–Kier alpha value is -3.14. The number of amides is 1. The van der Waals surface area contributed by atoms with Gasteiger partial charge in [0.2, 0.25) is 0 Å². The van der Waals surface area contributed by atoms with Crippen LogP contribution in [0.2, 0.25) is 0 Å². The molecule has 0 aromatic heterocycles. The number of fused-ring (bicyclic) bond motifs is 1. The van der Waals surface area contributed by atoms with Crippen LogP contribution in [0.5, 0.6) is 5.75 Å². The largest absolute Gasteiger partial charge is 0.483 e. The van der Waals surface area contributed by atoms with Crippen LogP contribution in [0, 0.1) is 0 Å². The lowest BCUT2D eigenvalue weighted by Crippen LogP contribution is -2.28. The maximum Gasteiger partial charge on any atom is 0.280 e. The molecule has 1 heterocycles. The van der Waals surface area contributed by atoms with Crippen LogP contribution >= 0.6 is 0 Å². The van der Waals surface area contributed by atoms with Crippen LogP contribution < -0.4 is 4.74 Å². The first-order chi connectivity index (χ1) is 12.3. The fraction of sp³-hybridized carbons (Fsp3) is 0.143. The normalized spacial score (nSPS) is 13.8. The highest BCUT2D eigenvalue weighted by molar-refractivity contribution is 6.02. The Kier molecular flexibility index (Phi) is 4.17. The van der Waals surface area contributed by atoms with Gasteiger partial charge in [0, 0.05) is 11.8 Å². The van der Waals surface area contributed by atoms with Crippen LogP contribution in [0.3, 0.4) is 0 Å². The standard InChI is InChI=1S/C21H18N2O2/c24-21(23-14-13-19(22-23)17-8-2-1-3-9-17)15-25-20-12-6-10-16-7-4-5-11-18(16)20/h1-12H,13-15H2. The summed E-state index contributed by atoms with van der Waals surface area (Å²) < 4.78 is 5.77. The lowest BCUT2D eigenvalue weighted by Gasteiger charge is -2.13. The van der Waals surface area contributed by atoms with Gasteiger partial charge in [-0.1, -0.05) is 66.7 Å². The van der Waals surface area contributed by atoms with E-state index in [-0.39, 0.29) is 12.5 Å². The molecule has 4 rings (SSSR count). The van der Waals surface area contributed by atoms with E-state index in [1.54, 1.807) is 0 Å². The summed E-state index contributed by atoms with van der Waals surface area (Å²) in [4.78, 5) is 12.4. The molecule has 4 heteroatoms. The number of benzene rings is 3. The van der Waals surface area contributed by atoms with E-state index in [1.807, 2.05) is 72.8 Å². The monoisotopic (exact) mass is 330 g/mol. The van der Waals surface area contributed by atoms with E-state index < -0.39 is 0 Å². The number of carbonyl (C=O) groups excluding carboxylic acids is 1. The predicted octanol–water partition coefficient (Wildman–Crippen LogP) is 3.86. The number of carbonyl (C=O) groups is 1. The zero-order chi connectivity index (χ0) is 17.1. The van der Waals surface area contributed by atoms with Crippen molar-refractivity contribution < 1.29 is 9.53 Å². The van der Waals surface area contributed by atoms with Crippen molar-refractivity contribution in [2.24, 2.45) is 5.10 Å². The highest BCUT2D eigenvalue weighted by Gasteiger charge is 2.21. The van der Waals surface area contributed by atoms with E-state index in [2.05, 4.69) is 5.10 Å². The van der Waals surface area contributed by atoms with Crippen LogP contribution in [-0.2, 0) is 4.79 Å². The number of nitrogens with zero attached hydrogens (tertiary/aromatic N) is 2. The maximum absolute atomic E-state index is 12.4. The minimum Gasteiger partial charge on any atom is -0.483 e. The molecule has 1 aliphatic heterocycles. The van der Waals surface area contributed by atoms with Gasteiger partial charge in [0.1, 0.15) is 5.75 Å². The minimum atomic E-state index is -0.126.